The SMILES string of the molecule is CNC(=O)c1cccnc1N1CCN(CC2CN(C(C)C)CCO2)CC1. The second kappa shape index (κ2) is 8.79. The molecule has 1 aromatic rings. The number of amides is 1. The molecule has 1 atom stereocenters. The van der Waals surface area contributed by atoms with Crippen molar-refractivity contribution in [3.63, 3.8) is 0 Å². The Morgan fingerprint density at radius 1 is 1.31 bits per heavy atom. The fourth-order valence-electron chi connectivity index (χ4n) is 3.71. The van der Waals surface area contributed by atoms with Crippen molar-refractivity contribution in [1.82, 2.24) is 20.1 Å². The van der Waals surface area contributed by atoms with Gasteiger partial charge in [0.1, 0.15) is 5.82 Å². The molecule has 0 radical (unpaired) electrons. The predicted octanol–water partition coefficient (Wildman–Crippen LogP) is 0.672. The van der Waals surface area contributed by atoms with Gasteiger partial charge in [-0.2, -0.15) is 0 Å². The van der Waals surface area contributed by atoms with Crippen molar-refractivity contribution >= 4 is 11.7 Å². The van der Waals surface area contributed by atoms with Crippen molar-refractivity contribution in [2.24, 2.45) is 0 Å². The molecule has 7 nitrogen and oxygen atoms in total. The Morgan fingerprint density at radius 3 is 2.77 bits per heavy atom. The number of morpholine rings is 1. The van der Waals surface area contributed by atoms with E-state index in [9.17, 15) is 4.79 Å². The second-order valence-electron chi connectivity index (χ2n) is 7.32. The average molecular weight is 361 g/mol. The first-order valence-corrected chi connectivity index (χ1v) is 9.58. The van der Waals surface area contributed by atoms with Gasteiger partial charge in [-0.05, 0) is 26.0 Å². The highest BCUT2D eigenvalue weighted by Crippen LogP contribution is 2.19. The Balaban J connectivity index is 1.54. The van der Waals surface area contributed by atoms with E-state index < -0.39 is 0 Å². The summed E-state index contributed by atoms with van der Waals surface area (Å²) in [6.07, 6.45) is 2.04. The van der Waals surface area contributed by atoms with Gasteiger partial charge in [0.05, 0.1) is 18.3 Å². The smallest absolute Gasteiger partial charge is 0.254 e. The quantitative estimate of drug-likeness (QED) is 0.832. The Labute approximate surface area is 156 Å². The first-order valence-electron chi connectivity index (χ1n) is 9.58. The number of rotatable bonds is 5. The number of pyridine rings is 1. The van der Waals surface area contributed by atoms with Crippen LogP contribution < -0.4 is 10.2 Å². The molecule has 7 heteroatoms. The van der Waals surface area contributed by atoms with Crippen molar-refractivity contribution in [2.75, 3.05) is 64.4 Å². The molecule has 1 aromatic heterocycles. The molecule has 0 saturated carbocycles. The number of hydrogen-bond donors (Lipinski definition) is 1. The minimum Gasteiger partial charge on any atom is -0.374 e. The van der Waals surface area contributed by atoms with Crippen molar-refractivity contribution in [2.45, 2.75) is 26.0 Å². The summed E-state index contributed by atoms with van der Waals surface area (Å²) in [5, 5.41) is 2.70. The Morgan fingerprint density at radius 2 is 2.08 bits per heavy atom. The minimum absolute atomic E-state index is 0.0834. The van der Waals surface area contributed by atoms with E-state index in [4.69, 9.17) is 4.74 Å². The molecule has 144 valence electrons. The Hall–Kier alpha value is -1.70. The molecule has 1 amide bonds. The van der Waals surface area contributed by atoms with Gasteiger partial charge in [0, 0.05) is 65.1 Å². The van der Waals surface area contributed by atoms with Crippen LogP contribution in [0.3, 0.4) is 0 Å². The van der Waals surface area contributed by atoms with Crippen LogP contribution >= 0.6 is 0 Å². The topological polar surface area (TPSA) is 60.9 Å². The molecular formula is C19H31N5O2. The lowest BCUT2D eigenvalue weighted by Crippen LogP contribution is -2.53. The summed E-state index contributed by atoms with van der Waals surface area (Å²) in [4.78, 5) is 23.7. The molecule has 0 aromatic carbocycles. The Bertz CT molecular complexity index is 601. The highest BCUT2D eigenvalue weighted by Gasteiger charge is 2.27. The standard InChI is InChI=1S/C19H31N5O2/c1-15(2)24-11-12-26-16(14-24)13-22-7-9-23(10-8-22)18-17(19(25)20-3)5-4-6-21-18/h4-6,15-16H,7-14H2,1-3H3,(H,20,25). The van der Waals surface area contributed by atoms with E-state index in [1.807, 2.05) is 12.1 Å². The van der Waals surface area contributed by atoms with E-state index >= 15 is 0 Å². The lowest BCUT2D eigenvalue weighted by molar-refractivity contribution is -0.0525. The van der Waals surface area contributed by atoms with Crippen LogP contribution in [0.5, 0.6) is 0 Å². The van der Waals surface area contributed by atoms with Gasteiger partial charge in [0.25, 0.3) is 5.91 Å². The van der Waals surface area contributed by atoms with E-state index in [0.29, 0.717) is 11.6 Å². The molecule has 1 unspecified atom stereocenters. The fourth-order valence-corrected chi connectivity index (χ4v) is 3.71. The van der Waals surface area contributed by atoms with Crippen molar-refractivity contribution in [3.8, 4) is 0 Å². The van der Waals surface area contributed by atoms with Crippen LogP contribution in [0.2, 0.25) is 0 Å². The van der Waals surface area contributed by atoms with Gasteiger partial charge < -0.3 is 15.0 Å². The molecule has 2 fully saturated rings. The van der Waals surface area contributed by atoms with E-state index in [2.05, 4.69) is 38.8 Å². The largest absolute Gasteiger partial charge is 0.374 e. The molecular weight excluding hydrogens is 330 g/mol. The summed E-state index contributed by atoms with van der Waals surface area (Å²) >= 11 is 0. The summed E-state index contributed by atoms with van der Waals surface area (Å²) in [6.45, 7) is 12.0. The van der Waals surface area contributed by atoms with Gasteiger partial charge in [0.15, 0.2) is 0 Å². The van der Waals surface area contributed by atoms with Crippen LogP contribution in [0.1, 0.15) is 24.2 Å². The second-order valence-corrected chi connectivity index (χ2v) is 7.32. The summed E-state index contributed by atoms with van der Waals surface area (Å²) < 4.78 is 5.98. The van der Waals surface area contributed by atoms with Crippen LogP contribution in [0, 0.1) is 0 Å². The van der Waals surface area contributed by atoms with Gasteiger partial charge in [0.2, 0.25) is 0 Å². The van der Waals surface area contributed by atoms with Crippen molar-refractivity contribution < 1.29 is 9.53 Å². The third-order valence-electron chi connectivity index (χ3n) is 5.29. The maximum absolute atomic E-state index is 12.1. The molecule has 0 spiro atoms. The zero-order valence-electron chi connectivity index (χ0n) is 16.1. The summed E-state index contributed by atoms with van der Waals surface area (Å²) in [5.74, 6) is 0.700. The van der Waals surface area contributed by atoms with Crippen molar-refractivity contribution in [3.05, 3.63) is 23.9 Å². The third-order valence-corrected chi connectivity index (χ3v) is 5.29. The normalized spacial score (nSPS) is 22.6. The number of anilines is 1. The van der Waals surface area contributed by atoms with E-state index in [-0.39, 0.29) is 12.0 Å². The van der Waals surface area contributed by atoms with Crippen LogP contribution in [-0.4, -0.2) is 92.3 Å². The number of carbonyl (C=O) groups excluding carboxylic acids is 1. The number of nitrogens with one attached hydrogen (secondary N) is 1. The maximum atomic E-state index is 12.1. The Kier molecular flexibility index (Phi) is 6.45. The van der Waals surface area contributed by atoms with Gasteiger partial charge >= 0.3 is 0 Å². The monoisotopic (exact) mass is 361 g/mol. The third kappa shape index (κ3) is 4.52. The van der Waals surface area contributed by atoms with Crippen LogP contribution in [0.25, 0.3) is 0 Å². The summed E-state index contributed by atoms with van der Waals surface area (Å²) in [7, 11) is 1.65. The van der Waals surface area contributed by atoms with E-state index in [1.165, 1.54) is 0 Å². The summed E-state index contributed by atoms with van der Waals surface area (Å²) in [5.41, 5.74) is 0.645. The maximum Gasteiger partial charge on any atom is 0.254 e. The molecule has 0 bridgehead atoms. The number of ether oxygens (including phenoxy) is 1. The number of hydrogen-bond acceptors (Lipinski definition) is 6. The van der Waals surface area contributed by atoms with Gasteiger partial charge in [-0.1, -0.05) is 0 Å². The van der Waals surface area contributed by atoms with Crippen molar-refractivity contribution in [1.29, 1.82) is 0 Å². The molecule has 2 aliphatic heterocycles. The highest BCUT2D eigenvalue weighted by atomic mass is 16.5. The molecule has 3 rings (SSSR count). The first kappa shape index (κ1) is 19.1. The molecule has 0 aliphatic carbocycles. The van der Waals surface area contributed by atoms with Crippen LogP contribution in [0.15, 0.2) is 18.3 Å². The molecule has 26 heavy (non-hydrogen) atoms. The molecule has 2 saturated heterocycles. The molecule has 1 N–H and O–H groups in total. The zero-order chi connectivity index (χ0) is 18.5. The average Bonchev–Trinajstić information content (AvgIpc) is 2.68. The highest BCUT2D eigenvalue weighted by molar-refractivity contribution is 5.98. The number of piperazine rings is 1. The van der Waals surface area contributed by atoms with Crippen LogP contribution in [0.4, 0.5) is 5.82 Å². The first-order chi connectivity index (χ1) is 12.6. The number of aromatic nitrogens is 1. The minimum atomic E-state index is -0.0834. The lowest BCUT2D eigenvalue weighted by atomic mass is 10.2. The zero-order valence-corrected chi connectivity index (χ0v) is 16.1. The fraction of sp³-hybridized carbons (Fsp3) is 0.684. The number of carbonyl (C=O) groups is 1. The van der Waals surface area contributed by atoms with Gasteiger partial charge in [-0.3, -0.25) is 14.6 Å². The molecule has 2 aliphatic rings. The van der Waals surface area contributed by atoms with E-state index in [1.54, 1.807) is 13.2 Å². The van der Waals surface area contributed by atoms with Crippen LogP contribution in [-0.2, 0) is 4.74 Å². The van der Waals surface area contributed by atoms with E-state index in [0.717, 1.165) is 58.2 Å². The number of nitrogens with zero attached hydrogens (tertiary/aromatic N) is 4. The van der Waals surface area contributed by atoms with Gasteiger partial charge in [-0.15, -0.1) is 0 Å². The van der Waals surface area contributed by atoms with Gasteiger partial charge in [-0.25, -0.2) is 4.98 Å². The predicted molar refractivity (Wildman–Crippen MR) is 103 cm³/mol. The lowest BCUT2D eigenvalue weighted by Gasteiger charge is -2.40. The molecule has 3 heterocycles. The summed E-state index contributed by atoms with van der Waals surface area (Å²) in [6, 6.07) is 4.22.